The fraction of sp³-hybridized carbons (Fsp3) is 0.273. The fourth-order valence-corrected chi connectivity index (χ4v) is 3.15. The van der Waals surface area contributed by atoms with Gasteiger partial charge in [-0.2, -0.15) is 0 Å². The summed E-state index contributed by atoms with van der Waals surface area (Å²) in [6.45, 7) is 0. The van der Waals surface area contributed by atoms with Gasteiger partial charge in [0.15, 0.2) is 4.34 Å². The molecule has 0 bridgehead atoms. The van der Waals surface area contributed by atoms with Gasteiger partial charge in [-0.05, 0) is 17.7 Å². The van der Waals surface area contributed by atoms with Gasteiger partial charge in [-0.1, -0.05) is 51.2 Å². The zero-order valence-electron chi connectivity index (χ0n) is 9.55. The molecule has 0 N–H and O–H groups in total. The van der Waals surface area contributed by atoms with Crippen LogP contribution in [0.25, 0.3) is 0 Å². The summed E-state index contributed by atoms with van der Waals surface area (Å²) in [5, 5.41) is 9.21. The van der Waals surface area contributed by atoms with Gasteiger partial charge >= 0.3 is 0 Å². The maximum atomic E-state index is 4.15. The number of aromatic nitrogens is 2. The van der Waals surface area contributed by atoms with Crippen LogP contribution in [0.2, 0.25) is 0 Å². The van der Waals surface area contributed by atoms with E-state index in [0.29, 0.717) is 0 Å². The van der Waals surface area contributed by atoms with Gasteiger partial charge in [-0.3, -0.25) is 0 Å². The van der Waals surface area contributed by atoms with E-state index in [1.807, 2.05) is 19.0 Å². The first-order valence-corrected chi connectivity index (χ1v) is 7.63. The molecule has 0 atom stereocenters. The van der Waals surface area contributed by atoms with Crippen LogP contribution in [-0.2, 0) is 5.75 Å². The van der Waals surface area contributed by atoms with Gasteiger partial charge in [-0.15, -0.1) is 10.2 Å². The maximum Gasteiger partial charge on any atom is 0.208 e. The number of benzene rings is 1. The topological polar surface area (TPSA) is 29.0 Å². The summed E-state index contributed by atoms with van der Waals surface area (Å²) >= 11 is 6.77. The lowest BCUT2D eigenvalue weighted by Crippen LogP contribution is -2.07. The van der Waals surface area contributed by atoms with E-state index < -0.39 is 0 Å². The molecular weight excluding hydrogens is 318 g/mol. The molecule has 0 aliphatic heterocycles. The first-order valence-electron chi connectivity index (χ1n) is 5.03. The van der Waals surface area contributed by atoms with Crippen LogP contribution in [0.5, 0.6) is 0 Å². The van der Waals surface area contributed by atoms with Crippen molar-refractivity contribution >= 4 is 44.2 Å². The molecule has 2 rings (SSSR count). The van der Waals surface area contributed by atoms with Crippen LogP contribution < -0.4 is 4.90 Å². The van der Waals surface area contributed by atoms with Gasteiger partial charge in [0.2, 0.25) is 5.13 Å². The normalized spacial score (nSPS) is 10.5. The van der Waals surface area contributed by atoms with Crippen LogP contribution in [0.1, 0.15) is 5.56 Å². The summed E-state index contributed by atoms with van der Waals surface area (Å²) in [6, 6.07) is 8.35. The number of anilines is 1. The molecule has 0 amide bonds. The molecule has 0 aliphatic rings. The third-order valence-electron chi connectivity index (χ3n) is 2.05. The average molecular weight is 330 g/mol. The lowest BCUT2D eigenvalue weighted by molar-refractivity contribution is 0.972. The third-order valence-corrected chi connectivity index (χ3v) is 4.88. The Kier molecular flexibility index (Phi) is 4.42. The molecule has 3 nitrogen and oxygen atoms in total. The van der Waals surface area contributed by atoms with Gasteiger partial charge < -0.3 is 4.90 Å². The smallest absolute Gasteiger partial charge is 0.208 e. The van der Waals surface area contributed by atoms with Crippen molar-refractivity contribution in [2.45, 2.75) is 10.1 Å². The Balaban J connectivity index is 1.95. The highest BCUT2D eigenvalue weighted by Gasteiger charge is 2.06. The summed E-state index contributed by atoms with van der Waals surface area (Å²) in [5.41, 5.74) is 1.29. The predicted octanol–water partition coefficient (Wildman–Crippen LogP) is 3.66. The lowest BCUT2D eigenvalue weighted by Gasteiger charge is -2.03. The minimum atomic E-state index is 0.926. The standard InChI is InChI=1S/C11H12BrN3S2/c1-15(2)10-13-14-11(17-10)16-7-8-3-5-9(12)6-4-8/h3-6H,7H2,1-2H3. The van der Waals surface area contributed by atoms with Crippen LogP contribution >= 0.6 is 39.0 Å². The van der Waals surface area contributed by atoms with E-state index in [-0.39, 0.29) is 0 Å². The molecule has 0 saturated heterocycles. The Morgan fingerprint density at radius 1 is 1.24 bits per heavy atom. The molecule has 17 heavy (non-hydrogen) atoms. The van der Waals surface area contributed by atoms with E-state index in [0.717, 1.165) is 19.7 Å². The monoisotopic (exact) mass is 329 g/mol. The van der Waals surface area contributed by atoms with Crippen molar-refractivity contribution in [3.05, 3.63) is 34.3 Å². The molecule has 1 heterocycles. The second-order valence-corrected chi connectivity index (χ2v) is 6.75. The Morgan fingerprint density at radius 2 is 1.94 bits per heavy atom. The summed E-state index contributed by atoms with van der Waals surface area (Å²) in [5.74, 6) is 0.926. The van der Waals surface area contributed by atoms with Crippen molar-refractivity contribution in [3.63, 3.8) is 0 Å². The second-order valence-electron chi connectivity index (χ2n) is 3.66. The van der Waals surface area contributed by atoms with Crippen LogP contribution in [0.3, 0.4) is 0 Å². The van der Waals surface area contributed by atoms with Crippen LogP contribution in [0.15, 0.2) is 33.1 Å². The van der Waals surface area contributed by atoms with E-state index in [1.54, 1.807) is 23.1 Å². The van der Waals surface area contributed by atoms with Crippen molar-refractivity contribution in [1.29, 1.82) is 0 Å². The Labute approximate surface area is 117 Å². The predicted molar refractivity (Wildman–Crippen MR) is 77.9 cm³/mol. The van der Waals surface area contributed by atoms with E-state index in [1.165, 1.54) is 5.56 Å². The van der Waals surface area contributed by atoms with Crippen molar-refractivity contribution in [2.24, 2.45) is 0 Å². The molecule has 0 fully saturated rings. The van der Waals surface area contributed by atoms with E-state index in [4.69, 9.17) is 0 Å². The van der Waals surface area contributed by atoms with Crippen molar-refractivity contribution < 1.29 is 0 Å². The number of rotatable bonds is 4. The Hall–Kier alpha value is -0.590. The van der Waals surface area contributed by atoms with Gasteiger partial charge in [0.05, 0.1) is 0 Å². The number of thioether (sulfide) groups is 1. The van der Waals surface area contributed by atoms with Crippen LogP contribution in [0.4, 0.5) is 5.13 Å². The first kappa shape index (κ1) is 12.9. The van der Waals surface area contributed by atoms with Crippen LogP contribution in [-0.4, -0.2) is 24.3 Å². The number of nitrogens with zero attached hydrogens (tertiary/aromatic N) is 3. The molecule has 90 valence electrons. The fourth-order valence-electron chi connectivity index (χ4n) is 1.17. The Morgan fingerprint density at radius 3 is 2.53 bits per heavy atom. The molecule has 0 unspecified atom stereocenters. The molecule has 1 aromatic heterocycles. The van der Waals surface area contributed by atoms with Crippen molar-refractivity contribution in [2.75, 3.05) is 19.0 Å². The number of hydrogen-bond acceptors (Lipinski definition) is 5. The summed E-state index contributed by atoms with van der Waals surface area (Å²) in [7, 11) is 3.95. The average Bonchev–Trinajstić information content (AvgIpc) is 2.77. The zero-order valence-corrected chi connectivity index (χ0v) is 12.8. The number of halogens is 1. The van der Waals surface area contributed by atoms with Gasteiger partial charge in [0, 0.05) is 24.3 Å². The van der Waals surface area contributed by atoms with Gasteiger partial charge in [0.1, 0.15) is 0 Å². The third kappa shape index (κ3) is 3.69. The molecule has 1 aromatic carbocycles. The minimum absolute atomic E-state index is 0.926. The van der Waals surface area contributed by atoms with Crippen molar-refractivity contribution in [1.82, 2.24) is 10.2 Å². The lowest BCUT2D eigenvalue weighted by atomic mass is 10.2. The van der Waals surface area contributed by atoms with E-state index >= 15 is 0 Å². The minimum Gasteiger partial charge on any atom is -0.353 e. The first-order chi connectivity index (χ1) is 8.15. The zero-order chi connectivity index (χ0) is 12.3. The quantitative estimate of drug-likeness (QED) is 0.800. The Bertz CT molecular complexity index is 482. The summed E-state index contributed by atoms with van der Waals surface area (Å²) < 4.78 is 2.12. The van der Waals surface area contributed by atoms with Crippen molar-refractivity contribution in [3.8, 4) is 0 Å². The molecule has 0 radical (unpaired) electrons. The number of hydrogen-bond donors (Lipinski definition) is 0. The molecule has 0 aliphatic carbocycles. The molecule has 2 aromatic rings. The highest BCUT2D eigenvalue weighted by molar-refractivity contribution is 9.10. The highest BCUT2D eigenvalue weighted by Crippen LogP contribution is 2.29. The molecule has 6 heteroatoms. The summed E-state index contributed by atoms with van der Waals surface area (Å²) in [6.07, 6.45) is 0. The molecular formula is C11H12BrN3S2. The maximum absolute atomic E-state index is 4.15. The summed E-state index contributed by atoms with van der Waals surface area (Å²) in [4.78, 5) is 1.97. The highest BCUT2D eigenvalue weighted by atomic mass is 79.9. The van der Waals surface area contributed by atoms with Gasteiger partial charge in [-0.25, -0.2) is 0 Å². The molecule has 0 spiro atoms. The van der Waals surface area contributed by atoms with E-state index in [2.05, 4.69) is 50.4 Å². The van der Waals surface area contributed by atoms with E-state index in [9.17, 15) is 0 Å². The largest absolute Gasteiger partial charge is 0.353 e. The second kappa shape index (κ2) is 5.84. The van der Waals surface area contributed by atoms with Gasteiger partial charge in [0.25, 0.3) is 0 Å². The molecule has 0 saturated carbocycles. The SMILES string of the molecule is CN(C)c1nnc(SCc2ccc(Br)cc2)s1. The van der Waals surface area contributed by atoms with Crippen LogP contribution in [0, 0.1) is 0 Å².